The molecule has 0 fully saturated rings. The van der Waals surface area contributed by atoms with Crippen LogP contribution >= 0.6 is 0 Å². The van der Waals surface area contributed by atoms with Crippen molar-refractivity contribution in [3.8, 4) is 0 Å². The van der Waals surface area contributed by atoms with Crippen molar-refractivity contribution in [1.29, 1.82) is 0 Å². The van der Waals surface area contributed by atoms with Gasteiger partial charge >= 0.3 is 12.0 Å². The molecule has 110 valence electrons. The van der Waals surface area contributed by atoms with Crippen LogP contribution in [-0.4, -0.2) is 37.8 Å². The molecule has 0 unspecified atom stereocenters. The normalized spacial score (nSPS) is 10.8. The van der Waals surface area contributed by atoms with E-state index < -0.39 is 22.0 Å². The zero-order valence-corrected chi connectivity index (χ0v) is 11.3. The lowest BCUT2D eigenvalue weighted by molar-refractivity contribution is 0.0697. The molecule has 0 aromatic heterocycles. The number of amides is 2. The highest BCUT2D eigenvalue weighted by Gasteiger charge is 2.05. The van der Waals surface area contributed by atoms with Gasteiger partial charge in [0.1, 0.15) is 0 Å². The van der Waals surface area contributed by atoms with Crippen LogP contribution in [0.1, 0.15) is 15.9 Å². The van der Waals surface area contributed by atoms with Crippen LogP contribution < -0.4 is 15.8 Å². The zero-order chi connectivity index (χ0) is 15.2. The van der Waals surface area contributed by atoms with Gasteiger partial charge in [0.15, 0.2) is 0 Å². The van der Waals surface area contributed by atoms with Gasteiger partial charge in [0.05, 0.1) is 11.3 Å². The van der Waals surface area contributed by atoms with Crippen LogP contribution in [-0.2, 0) is 16.6 Å². The Balaban J connectivity index is 2.35. The summed E-state index contributed by atoms with van der Waals surface area (Å²) in [6, 6.07) is 5.48. The van der Waals surface area contributed by atoms with Crippen LogP contribution in [0.5, 0.6) is 0 Å². The Bertz CT molecular complexity index is 583. The van der Waals surface area contributed by atoms with Crippen LogP contribution in [0.15, 0.2) is 24.3 Å². The lowest BCUT2D eigenvalue weighted by atomic mass is 10.1. The van der Waals surface area contributed by atoms with Gasteiger partial charge in [-0.1, -0.05) is 12.1 Å². The van der Waals surface area contributed by atoms with Crippen molar-refractivity contribution >= 4 is 22.0 Å². The Morgan fingerprint density at radius 3 is 2.25 bits per heavy atom. The van der Waals surface area contributed by atoms with Crippen LogP contribution in [0, 0.1) is 0 Å². The largest absolute Gasteiger partial charge is 0.478 e. The fraction of sp³-hybridized carbons (Fsp3) is 0.273. The van der Waals surface area contributed by atoms with E-state index in [1.165, 1.54) is 12.1 Å². The van der Waals surface area contributed by atoms with E-state index in [9.17, 15) is 18.0 Å². The summed E-state index contributed by atoms with van der Waals surface area (Å²) in [7, 11) is -3.60. The Morgan fingerprint density at radius 2 is 1.75 bits per heavy atom. The molecule has 0 saturated heterocycles. The maximum atomic E-state index is 11.3. The minimum Gasteiger partial charge on any atom is -0.478 e. The fourth-order valence-corrected chi connectivity index (χ4v) is 1.70. The molecule has 0 saturated carbocycles. The molecule has 5 N–H and O–H groups in total. The van der Waals surface area contributed by atoms with Gasteiger partial charge in [-0.25, -0.2) is 23.1 Å². The number of nitrogens with one attached hydrogen (secondary N) is 2. The SMILES string of the molecule is NS(=O)(=O)CCNC(=O)NCc1ccc(C(=O)O)cc1. The lowest BCUT2D eigenvalue weighted by Crippen LogP contribution is -2.38. The maximum absolute atomic E-state index is 11.3. The molecule has 0 aliphatic rings. The predicted octanol–water partition coefficient (Wildman–Crippen LogP) is -0.527. The van der Waals surface area contributed by atoms with Gasteiger partial charge in [-0.2, -0.15) is 0 Å². The summed E-state index contributed by atoms with van der Waals surface area (Å²) in [6.45, 7) is 0.115. The smallest absolute Gasteiger partial charge is 0.335 e. The molecule has 0 atom stereocenters. The van der Waals surface area contributed by atoms with Crippen LogP contribution in [0.2, 0.25) is 0 Å². The van der Waals surface area contributed by atoms with E-state index in [4.69, 9.17) is 10.2 Å². The number of carboxylic acids is 1. The van der Waals surface area contributed by atoms with E-state index in [0.717, 1.165) is 5.56 Å². The minimum absolute atomic E-state index is 0.0807. The van der Waals surface area contributed by atoms with Crippen LogP contribution in [0.4, 0.5) is 4.79 Å². The van der Waals surface area contributed by atoms with Crippen molar-refractivity contribution in [3.05, 3.63) is 35.4 Å². The highest BCUT2D eigenvalue weighted by molar-refractivity contribution is 7.89. The minimum atomic E-state index is -3.60. The molecule has 2 amide bonds. The number of aromatic carboxylic acids is 1. The molecule has 9 heteroatoms. The van der Waals surface area contributed by atoms with Gasteiger partial charge in [0.25, 0.3) is 0 Å². The number of urea groups is 1. The van der Waals surface area contributed by atoms with Gasteiger partial charge in [0.2, 0.25) is 10.0 Å². The predicted molar refractivity (Wildman–Crippen MR) is 71.6 cm³/mol. The molecule has 0 heterocycles. The number of primary sulfonamides is 1. The number of rotatable bonds is 6. The third-order valence-electron chi connectivity index (χ3n) is 2.33. The Labute approximate surface area is 116 Å². The summed E-state index contributed by atoms with van der Waals surface area (Å²) < 4.78 is 21.3. The first kappa shape index (κ1) is 15.9. The number of hydrogen-bond donors (Lipinski definition) is 4. The molecular weight excluding hydrogens is 286 g/mol. The molecule has 1 aromatic carbocycles. The number of sulfonamides is 1. The van der Waals surface area contributed by atoms with Crippen LogP contribution in [0.3, 0.4) is 0 Å². The second kappa shape index (κ2) is 6.87. The highest BCUT2D eigenvalue weighted by Crippen LogP contribution is 2.03. The molecule has 0 aliphatic carbocycles. The Kier molecular flexibility index (Phi) is 5.47. The summed E-state index contributed by atoms with van der Waals surface area (Å²) >= 11 is 0. The van der Waals surface area contributed by atoms with E-state index in [0.29, 0.717) is 0 Å². The first-order chi connectivity index (χ1) is 9.28. The first-order valence-electron chi connectivity index (χ1n) is 5.62. The summed E-state index contributed by atoms with van der Waals surface area (Å²) in [6.07, 6.45) is 0. The number of nitrogens with two attached hydrogens (primary N) is 1. The monoisotopic (exact) mass is 301 g/mol. The maximum Gasteiger partial charge on any atom is 0.335 e. The third kappa shape index (κ3) is 6.16. The third-order valence-corrected chi connectivity index (χ3v) is 3.10. The second-order valence-electron chi connectivity index (χ2n) is 3.98. The summed E-state index contributed by atoms with van der Waals surface area (Å²) in [5.74, 6) is -1.36. The molecule has 1 aromatic rings. The van der Waals surface area contributed by atoms with Crippen molar-refractivity contribution in [2.45, 2.75) is 6.54 Å². The van der Waals surface area contributed by atoms with E-state index >= 15 is 0 Å². The van der Waals surface area contributed by atoms with Gasteiger partial charge < -0.3 is 15.7 Å². The van der Waals surface area contributed by atoms with Crippen molar-refractivity contribution < 1.29 is 23.1 Å². The number of hydrogen-bond acceptors (Lipinski definition) is 4. The zero-order valence-electron chi connectivity index (χ0n) is 10.5. The lowest BCUT2D eigenvalue weighted by Gasteiger charge is -2.07. The topological polar surface area (TPSA) is 139 Å². The van der Waals surface area contributed by atoms with E-state index in [2.05, 4.69) is 10.6 Å². The molecule has 0 radical (unpaired) electrons. The first-order valence-corrected chi connectivity index (χ1v) is 7.34. The number of benzene rings is 1. The second-order valence-corrected chi connectivity index (χ2v) is 5.71. The molecular formula is C11H15N3O5S. The summed E-state index contributed by atoms with van der Waals surface area (Å²) in [5.41, 5.74) is 0.878. The Morgan fingerprint density at radius 1 is 1.15 bits per heavy atom. The average Bonchev–Trinajstić information content (AvgIpc) is 2.35. The number of carbonyl (C=O) groups excluding carboxylic acids is 1. The van der Waals surface area contributed by atoms with Gasteiger partial charge in [-0.3, -0.25) is 0 Å². The molecule has 8 nitrogen and oxygen atoms in total. The van der Waals surface area contributed by atoms with Crippen molar-refractivity contribution in [1.82, 2.24) is 10.6 Å². The van der Waals surface area contributed by atoms with E-state index in [1.807, 2.05) is 0 Å². The molecule has 0 spiro atoms. The van der Waals surface area contributed by atoms with Gasteiger partial charge in [-0.05, 0) is 17.7 Å². The van der Waals surface area contributed by atoms with Crippen molar-refractivity contribution in [3.63, 3.8) is 0 Å². The van der Waals surface area contributed by atoms with E-state index in [-0.39, 0.29) is 24.4 Å². The molecule has 20 heavy (non-hydrogen) atoms. The average molecular weight is 301 g/mol. The summed E-state index contributed by atoms with van der Waals surface area (Å²) in [4.78, 5) is 22.0. The fourth-order valence-electron chi connectivity index (χ4n) is 1.32. The van der Waals surface area contributed by atoms with Crippen LogP contribution in [0.25, 0.3) is 0 Å². The van der Waals surface area contributed by atoms with Crippen molar-refractivity contribution in [2.75, 3.05) is 12.3 Å². The standard InChI is InChI=1S/C11H15N3O5S/c12-20(18,19)6-5-13-11(17)14-7-8-1-3-9(4-2-8)10(15)16/h1-4H,5-7H2,(H,15,16)(H2,12,18,19)(H2,13,14,17). The molecule has 1 rings (SSSR count). The van der Waals surface area contributed by atoms with E-state index in [1.54, 1.807) is 12.1 Å². The van der Waals surface area contributed by atoms with Crippen molar-refractivity contribution in [2.24, 2.45) is 5.14 Å². The Hall–Kier alpha value is -2.13. The number of carboxylic acid groups (broad SMARTS) is 1. The highest BCUT2D eigenvalue weighted by atomic mass is 32.2. The summed E-state index contributed by atoms with van der Waals surface area (Å²) in [5, 5.41) is 18.3. The number of carbonyl (C=O) groups is 2. The quantitative estimate of drug-likeness (QED) is 0.559. The van der Waals surface area contributed by atoms with Gasteiger partial charge in [0, 0.05) is 13.1 Å². The van der Waals surface area contributed by atoms with Gasteiger partial charge in [-0.15, -0.1) is 0 Å². The molecule has 0 bridgehead atoms. The molecule has 0 aliphatic heterocycles.